The number of rotatable bonds is 4. The molecule has 0 amide bonds. The molecule has 1 aliphatic carbocycles. The van der Waals surface area contributed by atoms with Gasteiger partial charge in [-0.2, -0.15) is 0 Å². The number of benzene rings is 1. The second-order valence-corrected chi connectivity index (χ2v) is 4.27. The van der Waals surface area contributed by atoms with E-state index in [2.05, 4.69) is 0 Å². The van der Waals surface area contributed by atoms with Crippen molar-refractivity contribution in [3.8, 4) is 5.75 Å². The third kappa shape index (κ3) is 2.23. The van der Waals surface area contributed by atoms with Crippen LogP contribution in [0.15, 0.2) is 18.2 Å². The van der Waals surface area contributed by atoms with Crippen LogP contribution >= 0.6 is 0 Å². The maximum Gasteiger partial charge on any atom is 0.166 e. The van der Waals surface area contributed by atoms with E-state index in [9.17, 15) is 9.18 Å². The van der Waals surface area contributed by atoms with Crippen LogP contribution in [0.25, 0.3) is 0 Å². The average Bonchev–Trinajstić information content (AvgIpc) is 2.23. The van der Waals surface area contributed by atoms with E-state index in [1.165, 1.54) is 25.7 Å². The normalized spacial score (nSPS) is 15.6. The molecule has 1 fully saturated rings. The Balaban J connectivity index is 2.09. The third-order valence-electron chi connectivity index (χ3n) is 3.18. The number of ketones is 1. The maximum absolute atomic E-state index is 13.6. The third-order valence-corrected chi connectivity index (χ3v) is 3.18. The molecule has 16 heavy (non-hydrogen) atoms. The summed E-state index contributed by atoms with van der Waals surface area (Å²) < 4.78 is 18.5. The fourth-order valence-electron chi connectivity index (χ4n) is 1.92. The fourth-order valence-corrected chi connectivity index (χ4v) is 1.92. The Labute approximate surface area is 94.4 Å². The SMILES string of the molecule is COc1ccc(C(=O)CC2CCC2)c(F)c1. The highest BCUT2D eigenvalue weighted by Gasteiger charge is 2.22. The first kappa shape index (κ1) is 11.1. The van der Waals surface area contributed by atoms with Crippen LogP contribution in [0.2, 0.25) is 0 Å². The van der Waals surface area contributed by atoms with Gasteiger partial charge in [-0.05, 0) is 18.1 Å². The highest BCUT2D eigenvalue weighted by Crippen LogP contribution is 2.31. The van der Waals surface area contributed by atoms with Crippen LogP contribution in [0.5, 0.6) is 5.75 Å². The van der Waals surface area contributed by atoms with Gasteiger partial charge >= 0.3 is 0 Å². The lowest BCUT2D eigenvalue weighted by Crippen LogP contribution is -2.16. The van der Waals surface area contributed by atoms with Crippen LogP contribution < -0.4 is 4.74 Å². The Kier molecular flexibility index (Phi) is 3.22. The summed E-state index contributed by atoms with van der Waals surface area (Å²) in [6.07, 6.45) is 3.87. The Bertz CT molecular complexity index is 397. The number of methoxy groups -OCH3 is 1. The Morgan fingerprint density at radius 3 is 2.75 bits per heavy atom. The van der Waals surface area contributed by atoms with E-state index in [1.807, 2.05) is 0 Å². The smallest absolute Gasteiger partial charge is 0.166 e. The van der Waals surface area contributed by atoms with Crippen molar-refractivity contribution in [2.24, 2.45) is 5.92 Å². The van der Waals surface area contributed by atoms with Crippen LogP contribution in [-0.4, -0.2) is 12.9 Å². The highest BCUT2D eigenvalue weighted by atomic mass is 19.1. The topological polar surface area (TPSA) is 26.3 Å². The van der Waals surface area contributed by atoms with E-state index in [1.54, 1.807) is 6.07 Å². The molecule has 3 heteroatoms. The van der Waals surface area contributed by atoms with E-state index in [0.717, 1.165) is 12.8 Å². The predicted molar refractivity (Wildman–Crippen MR) is 59.2 cm³/mol. The summed E-state index contributed by atoms with van der Waals surface area (Å²) in [4.78, 5) is 11.8. The van der Waals surface area contributed by atoms with Crippen LogP contribution in [0.1, 0.15) is 36.0 Å². The molecule has 1 aromatic carbocycles. The quantitative estimate of drug-likeness (QED) is 0.731. The average molecular weight is 222 g/mol. The molecule has 2 rings (SSSR count). The van der Waals surface area contributed by atoms with Crippen molar-refractivity contribution in [2.75, 3.05) is 7.11 Å². The minimum absolute atomic E-state index is 0.0927. The Morgan fingerprint density at radius 2 is 2.25 bits per heavy atom. The number of hydrogen-bond acceptors (Lipinski definition) is 2. The van der Waals surface area contributed by atoms with Crippen molar-refractivity contribution >= 4 is 5.78 Å². The lowest BCUT2D eigenvalue weighted by atomic mass is 9.81. The zero-order chi connectivity index (χ0) is 11.5. The summed E-state index contributed by atoms with van der Waals surface area (Å²) in [7, 11) is 1.48. The summed E-state index contributed by atoms with van der Waals surface area (Å²) in [5, 5.41) is 0. The monoisotopic (exact) mass is 222 g/mol. The standard InChI is InChI=1S/C13H15FO2/c1-16-10-5-6-11(12(14)8-10)13(15)7-9-3-2-4-9/h5-6,8-9H,2-4,7H2,1H3. The number of ether oxygens (including phenoxy) is 1. The zero-order valence-electron chi connectivity index (χ0n) is 9.33. The number of hydrogen-bond donors (Lipinski definition) is 0. The van der Waals surface area contributed by atoms with E-state index in [-0.39, 0.29) is 11.3 Å². The first-order valence-electron chi connectivity index (χ1n) is 5.57. The van der Waals surface area contributed by atoms with Crippen molar-refractivity contribution in [1.82, 2.24) is 0 Å². The van der Waals surface area contributed by atoms with E-state index in [0.29, 0.717) is 18.1 Å². The molecule has 0 radical (unpaired) electrons. The zero-order valence-corrected chi connectivity index (χ0v) is 9.33. The molecule has 86 valence electrons. The van der Waals surface area contributed by atoms with E-state index in [4.69, 9.17) is 4.74 Å². The van der Waals surface area contributed by atoms with Crippen LogP contribution in [0, 0.1) is 11.7 Å². The predicted octanol–water partition coefficient (Wildman–Crippen LogP) is 3.21. The largest absolute Gasteiger partial charge is 0.497 e. The molecule has 0 heterocycles. The van der Waals surface area contributed by atoms with Gasteiger partial charge in [0.25, 0.3) is 0 Å². The molecule has 1 aromatic rings. The van der Waals surface area contributed by atoms with Gasteiger partial charge in [0.2, 0.25) is 0 Å². The van der Waals surface area contributed by atoms with Gasteiger partial charge in [0.05, 0.1) is 12.7 Å². The van der Waals surface area contributed by atoms with Gasteiger partial charge in [-0.15, -0.1) is 0 Å². The summed E-state index contributed by atoms with van der Waals surface area (Å²) in [6.45, 7) is 0. The molecule has 0 atom stereocenters. The summed E-state index contributed by atoms with van der Waals surface area (Å²) in [6, 6.07) is 4.39. The van der Waals surface area contributed by atoms with Gasteiger partial charge in [-0.1, -0.05) is 19.3 Å². The molecule has 0 bridgehead atoms. The van der Waals surface area contributed by atoms with Crippen LogP contribution in [0.4, 0.5) is 4.39 Å². The molecule has 2 nitrogen and oxygen atoms in total. The summed E-state index contributed by atoms with van der Waals surface area (Å²) in [5.74, 6) is 0.334. The first-order valence-corrected chi connectivity index (χ1v) is 5.57. The maximum atomic E-state index is 13.6. The first-order chi connectivity index (χ1) is 7.70. The van der Waals surface area contributed by atoms with Crippen molar-refractivity contribution in [1.29, 1.82) is 0 Å². The molecular weight excluding hydrogens is 207 g/mol. The van der Waals surface area contributed by atoms with Crippen LogP contribution in [0.3, 0.4) is 0 Å². The van der Waals surface area contributed by atoms with Crippen molar-refractivity contribution in [3.05, 3.63) is 29.6 Å². The van der Waals surface area contributed by atoms with Gasteiger partial charge in [0.1, 0.15) is 11.6 Å². The van der Waals surface area contributed by atoms with Crippen molar-refractivity contribution in [2.45, 2.75) is 25.7 Å². The Morgan fingerprint density at radius 1 is 1.50 bits per heavy atom. The number of Topliss-reactive ketones (excluding diaryl/α,β-unsaturated/α-hetero) is 1. The molecule has 1 aliphatic rings. The van der Waals surface area contributed by atoms with Crippen molar-refractivity contribution in [3.63, 3.8) is 0 Å². The number of carbonyl (C=O) groups excluding carboxylic acids is 1. The summed E-state index contributed by atoms with van der Waals surface area (Å²) in [5.41, 5.74) is 0.188. The summed E-state index contributed by atoms with van der Waals surface area (Å²) >= 11 is 0. The molecule has 0 unspecified atom stereocenters. The molecular formula is C13H15FO2. The second-order valence-electron chi connectivity index (χ2n) is 4.27. The molecule has 0 aromatic heterocycles. The number of halogens is 1. The molecule has 0 spiro atoms. The van der Waals surface area contributed by atoms with Gasteiger partial charge in [-0.3, -0.25) is 4.79 Å². The van der Waals surface area contributed by atoms with Gasteiger partial charge in [0.15, 0.2) is 5.78 Å². The van der Waals surface area contributed by atoms with Crippen molar-refractivity contribution < 1.29 is 13.9 Å². The lowest BCUT2D eigenvalue weighted by molar-refractivity contribution is 0.0932. The Hall–Kier alpha value is -1.38. The van der Waals surface area contributed by atoms with E-state index < -0.39 is 5.82 Å². The fraction of sp³-hybridized carbons (Fsp3) is 0.462. The molecule has 0 saturated heterocycles. The molecule has 0 aliphatic heterocycles. The molecule has 0 N–H and O–H groups in total. The lowest BCUT2D eigenvalue weighted by Gasteiger charge is -2.24. The van der Waals surface area contributed by atoms with Crippen LogP contribution in [-0.2, 0) is 0 Å². The van der Waals surface area contributed by atoms with E-state index >= 15 is 0 Å². The second kappa shape index (κ2) is 4.64. The molecule has 1 saturated carbocycles. The van der Waals surface area contributed by atoms with Gasteiger partial charge in [-0.25, -0.2) is 4.39 Å². The minimum atomic E-state index is -0.483. The van der Waals surface area contributed by atoms with Gasteiger partial charge < -0.3 is 4.74 Å². The van der Waals surface area contributed by atoms with Gasteiger partial charge in [0, 0.05) is 12.5 Å². The highest BCUT2D eigenvalue weighted by molar-refractivity contribution is 5.96. The minimum Gasteiger partial charge on any atom is -0.497 e. The number of carbonyl (C=O) groups is 1.